The molecule has 39 heavy (non-hydrogen) atoms. The fourth-order valence-electron chi connectivity index (χ4n) is 4.76. The number of pyridine rings is 1. The number of carbonyl (C=O) groups is 2. The van der Waals surface area contributed by atoms with E-state index in [1.54, 1.807) is 44.7 Å². The van der Waals surface area contributed by atoms with Crippen molar-refractivity contribution in [3.05, 3.63) is 77.5 Å². The highest BCUT2D eigenvalue weighted by atomic mass is 16.5. The van der Waals surface area contributed by atoms with E-state index in [9.17, 15) is 9.59 Å². The van der Waals surface area contributed by atoms with Crippen molar-refractivity contribution >= 4 is 23.3 Å². The standard InChI is InChI=1S/C32H41N3O4/c1-7-8-9-13-22(30-26(38-5)14-12-15-27(30)39-6)21-29(36)34-25-20-23(17-18-24(25)32(2,3)4)31(37)35-28-16-10-11-19-33-28/h10-12,14-20,22H,7-9,13,21H2,1-6H3,(H,34,36)(H,33,35,37). The van der Waals surface area contributed by atoms with Crippen LogP contribution in [0.4, 0.5) is 11.5 Å². The molecule has 3 aromatic rings. The molecular weight excluding hydrogens is 490 g/mol. The number of carbonyl (C=O) groups excluding carboxylic acids is 2. The minimum atomic E-state index is -0.291. The average molecular weight is 532 g/mol. The largest absolute Gasteiger partial charge is 0.496 e. The Morgan fingerprint density at radius 3 is 2.23 bits per heavy atom. The van der Waals surface area contributed by atoms with Crippen LogP contribution in [0.3, 0.4) is 0 Å². The van der Waals surface area contributed by atoms with Gasteiger partial charge in [-0.3, -0.25) is 9.59 Å². The van der Waals surface area contributed by atoms with Crippen molar-refractivity contribution in [2.75, 3.05) is 24.9 Å². The number of nitrogens with one attached hydrogen (secondary N) is 2. The maximum Gasteiger partial charge on any atom is 0.256 e. The van der Waals surface area contributed by atoms with Crippen molar-refractivity contribution in [3.63, 3.8) is 0 Å². The van der Waals surface area contributed by atoms with Crippen LogP contribution in [-0.2, 0) is 10.2 Å². The summed E-state index contributed by atoms with van der Waals surface area (Å²) in [6.45, 7) is 8.41. The van der Waals surface area contributed by atoms with E-state index in [1.807, 2.05) is 30.3 Å². The number of ether oxygens (including phenoxy) is 2. The van der Waals surface area contributed by atoms with Gasteiger partial charge < -0.3 is 20.1 Å². The van der Waals surface area contributed by atoms with Crippen molar-refractivity contribution in [1.29, 1.82) is 0 Å². The summed E-state index contributed by atoms with van der Waals surface area (Å²) < 4.78 is 11.3. The second kappa shape index (κ2) is 13.8. The van der Waals surface area contributed by atoms with E-state index in [-0.39, 0.29) is 29.6 Å². The van der Waals surface area contributed by atoms with Crippen molar-refractivity contribution in [2.45, 2.75) is 71.1 Å². The average Bonchev–Trinajstić information content (AvgIpc) is 2.92. The first-order valence-corrected chi connectivity index (χ1v) is 13.6. The van der Waals surface area contributed by atoms with Gasteiger partial charge >= 0.3 is 0 Å². The van der Waals surface area contributed by atoms with Gasteiger partial charge in [0.15, 0.2) is 0 Å². The van der Waals surface area contributed by atoms with E-state index in [0.29, 0.717) is 28.6 Å². The van der Waals surface area contributed by atoms with Crippen LogP contribution in [0.5, 0.6) is 11.5 Å². The normalized spacial score (nSPS) is 11.9. The second-order valence-corrected chi connectivity index (χ2v) is 10.7. The molecule has 0 aliphatic rings. The number of hydrogen-bond acceptors (Lipinski definition) is 5. The fraction of sp³-hybridized carbons (Fsp3) is 0.406. The molecule has 208 valence electrons. The zero-order chi connectivity index (χ0) is 28.4. The molecule has 0 aliphatic heterocycles. The molecule has 1 atom stereocenters. The number of amides is 2. The Labute approximate surface area is 232 Å². The van der Waals surface area contributed by atoms with Crippen molar-refractivity contribution in [3.8, 4) is 11.5 Å². The third-order valence-electron chi connectivity index (χ3n) is 6.73. The van der Waals surface area contributed by atoms with E-state index in [2.05, 4.69) is 43.3 Å². The number of unbranched alkanes of at least 4 members (excludes halogenated alkanes) is 2. The van der Waals surface area contributed by atoms with E-state index >= 15 is 0 Å². The maximum atomic E-state index is 13.6. The molecule has 0 aliphatic carbocycles. The van der Waals surface area contributed by atoms with Gasteiger partial charge in [-0.1, -0.05) is 65.2 Å². The van der Waals surface area contributed by atoms with Gasteiger partial charge in [0.05, 0.1) is 14.2 Å². The van der Waals surface area contributed by atoms with Gasteiger partial charge in [0, 0.05) is 29.4 Å². The summed E-state index contributed by atoms with van der Waals surface area (Å²) in [5, 5.41) is 5.94. The number of benzene rings is 2. The van der Waals surface area contributed by atoms with Gasteiger partial charge in [0.25, 0.3) is 5.91 Å². The highest BCUT2D eigenvalue weighted by Crippen LogP contribution is 2.40. The van der Waals surface area contributed by atoms with Crippen LogP contribution < -0.4 is 20.1 Å². The minimum Gasteiger partial charge on any atom is -0.496 e. The first-order valence-electron chi connectivity index (χ1n) is 13.6. The van der Waals surface area contributed by atoms with Crippen LogP contribution in [0.2, 0.25) is 0 Å². The Morgan fingerprint density at radius 2 is 1.64 bits per heavy atom. The summed E-state index contributed by atoms with van der Waals surface area (Å²) in [7, 11) is 3.27. The minimum absolute atomic E-state index is 0.0867. The van der Waals surface area contributed by atoms with Gasteiger partial charge in [-0.15, -0.1) is 0 Å². The summed E-state index contributed by atoms with van der Waals surface area (Å²) >= 11 is 0. The molecule has 1 unspecified atom stereocenters. The van der Waals surface area contributed by atoms with Crippen LogP contribution in [0.1, 0.15) is 87.2 Å². The lowest BCUT2D eigenvalue weighted by Gasteiger charge is -2.25. The molecule has 2 aromatic carbocycles. The summed E-state index contributed by atoms with van der Waals surface area (Å²) in [6, 6.07) is 16.5. The molecule has 1 aromatic heterocycles. The third-order valence-corrected chi connectivity index (χ3v) is 6.73. The molecule has 7 heteroatoms. The quantitative estimate of drug-likeness (QED) is 0.239. The number of aromatic nitrogens is 1. The van der Waals surface area contributed by atoms with Gasteiger partial charge in [0.2, 0.25) is 5.91 Å². The molecule has 2 N–H and O–H groups in total. The zero-order valence-electron chi connectivity index (χ0n) is 24.0. The molecule has 0 saturated carbocycles. The molecule has 0 spiro atoms. The molecule has 0 bridgehead atoms. The van der Waals surface area contributed by atoms with E-state index in [4.69, 9.17) is 9.47 Å². The molecule has 0 radical (unpaired) electrons. The Balaban J connectivity index is 1.90. The second-order valence-electron chi connectivity index (χ2n) is 10.7. The number of hydrogen-bond donors (Lipinski definition) is 2. The predicted molar refractivity (Wildman–Crippen MR) is 157 cm³/mol. The van der Waals surface area contributed by atoms with Crippen molar-refractivity contribution in [2.24, 2.45) is 0 Å². The predicted octanol–water partition coefficient (Wildman–Crippen LogP) is 7.34. The van der Waals surface area contributed by atoms with Crippen molar-refractivity contribution in [1.82, 2.24) is 4.98 Å². The molecule has 0 saturated heterocycles. The van der Waals surface area contributed by atoms with Gasteiger partial charge in [-0.05, 0) is 59.7 Å². The Bertz CT molecular complexity index is 1230. The topological polar surface area (TPSA) is 89.6 Å². The van der Waals surface area contributed by atoms with E-state index in [1.165, 1.54) is 0 Å². The smallest absolute Gasteiger partial charge is 0.256 e. The number of nitrogens with zero attached hydrogens (tertiary/aromatic N) is 1. The van der Waals surface area contributed by atoms with Crippen LogP contribution in [0, 0.1) is 0 Å². The highest BCUT2D eigenvalue weighted by Gasteiger charge is 2.26. The van der Waals surface area contributed by atoms with E-state index < -0.39 is 0 Å². The van der Waals surface area contributed by atoms with Crippen LogP contribution in [-0.4, -0.2) is 31.0 Å². The lowest BCUT2D eigenvalue weighted by molar-refractivity contribution is -0.116. The highest BCUT2D eigenvalue weighted by molar-refractivity contribution is 6.05. The zero-order valence-corrected chi connectivity index (χ0v) is 24.0. The summed E-state index contributed by atoms with van der Waals surface area (Å²) in [5.74, 6) is 1.39. The molecule has 3 rings (SSSR count). The van der Waals surface area contributed by atoms with Crippen LogP contribution in [0.15, 0.2) is 60.8 Å². The number of rotatable bonds is 12. The Hall–Kier alpha value is -3.87. The SMILES string of the molecule is CCCCCC(CC(=O)Nc1cc(C(=O)Nc2ccccn2)ccc1C(C)(C)C)c1c(OC)cccc1OC. The third kappa shape index (κ3) is 8.06. The van der Waals surface area contributed by atoms with Crippen LogP contribution in [0.25, 0.3) is 0 Å². The maximum absolute atomic E-state index is 13.6. The molecular formula is C32H41N3O4. The van der Waals surface area contributed by atoms with Gasteiger partial charge in [-0.2, -0.15) is 0 Å². The van der Waals surface area contributed by atoms with Gasteiger partial charge in [-0.25, -0.2) is 4.98 Å². The first kappa shape index (κ1) is 29.7. The van der Waals surface area contributed by atoms with E-state index in [0.717, 1.165) is 36.8 Å². The fourth-order valence-corrected chi connectivity index (χ4v) is 4.76. The lowest BCUT2D eigenvalue weighted by atomic mass is 9.84. The number of methoxy groups -OCH3 is 2. The summed E-state index contributed by atoms with van der Waals surface area (Å²) in [6.07, 6.45) is 5.87. The van der Waals surface area contributed by atoms with Crippen LogP contribution >= 0.6 is 0 Å². The number of anilines is 2. The summed E-state index contributed by atoms with van der Waals surface area (Å²) in [4.78, 5) is 30.7. The summed E-state index contributed by atoms with van der Waals surface area (Å²) in [5.41, 5.74) is 2.68. The Kier molecular flexibility index (Phi) is 10.5. The molecule has 0 fully saturated rings. The van der Waals surface area contributed by atoms with Gasteiger partial charge in [0.1, 0.15) is 17.3 Å². The monoisotopic (exact) mass is 531 g/mol. The first-order chi connectivity index (χ1) is 18.7. The molecule has 2 amide bonds. The molecule has 7 nitrogen and oxygen atoms in total. The Morgan fingerprint density at radius 1 is 0.923 bits per heavy atom. The van der Waals surface area contributed by atoms with Crippen molar-refractivity contribution < 1.29 is 19.1 Å². The molecule has 1 heterocycles. The lowest BCUT2D eigenvalue weighted by Crippen LogP contribution is -2.22.